The van der Waals surface area contributed by atoms with Crippen molar-refractivity contribution in [1.29, 1.82) is 5.26 Å². The molecule has 35 heavy (non-hydrogen) atoms. The van der Waals surface area contributed by atoms with E-state index in [1.807, 2.05) is 72.9 Å². The van der Waals surface area contributed by atoms with Gasteiger partial charge in [-0.15, -0.1) is 0 Å². The minimum absolute atomic E-state index is 0.302. The fraction of sp³-hybridized carbons (Fsp3) is 0.0385. The van der Waals surface area contributed by atoms with E-state index in [1.54, 1.807) is 36.7 Å². The standard InChI is InChI=1S/C26H22N6O2S/c27-19-30-26(31-23-14-16-28-17-15-23)29-18-20-6-10-24(11-7-20)32(35(33)34)25-12-8-22(9-13-25)21-4-2-1-3-5-21/h1-17H,18H2,(H,33,34)(H2,28,29,30,31). The monoisotopic (exact) mass is 482 g/mol. The van der Waals surface area contributed by atoms with Crippen molar-refractivity contribution in [3.8, 4) is 17.3 Å². The zero-order chi connectivity index (χ0) is 24.5. The summed E-state index contributed by atoms with van der Waals surface area (Å²) in [7, 11) is 0. The Bertz CT molecular complexity index is 1340. The van der Waals surface area contributed by atoms with Crippen LogP contribution in [0, 0.1) is 11.5 Å². The summed E-state index contributed by atoms with van der Waals surface area (Å²) in [6.07, 6.45) is 5.14. The third-order valence-electron chi connectivity index (χ3n) is 5.07. The lowest BCUT2D eigenvalue weighted by Crippen LogP contribution is -2.26. The van der Waals surface area contributed by atoms with Gasteiger partial charge in [0.25, 0.3) is 11.3 Å². The Kier molecular flexibility index (Phi) is 7.81. The molecule has 3 aromatic carbocycles. The number of benzene rings is 3. The molecular weight excluding hydrogens is 460 g/mol. The van der Waals surface area contributed by atoms with Crippen molar-refractivity contribution in [2.24, 2.45) is 4.99 Å². The van der Waals surface area contributed by atoms with Crippen molar-refractivity contribution in [2.45, 2.75) is 6.54 Å². The van der Waals surface area contributed by atoms with Crippen LogP contribution in [0.4, 0.5) is 17.1 Å². The number of aliphatic imine (C=N–C) groups is 1. The molecule has 1 aromatic heterocycles. The van der Waals surface area contributed by atoms with Crippen LogP contribution in [0.3, 0.4) is 0 Å². The number of pyridine rings is 1. The lowest BCUT2D eigenvalue weighted by Gasteiger charge is -2.20. The van der Waals surface area contributed by atoms with Gasteiger partial charge in [-0.2, -0.15) is 5.26 Å². The van der Waals surface area contributed by atoms with Crippen LogP contribution < -0.4 is 14.9 Å². The first-order valence-electron chi connectivity index (χ1n) is 10.7. The van der Waals surface area contributed by atoms with E-state index in [9.17, 15) is 8.76 Å². The van der Waals surface area contributed by atoms with Gasteiger partial charge in [0.05, 0.1) is 17.9 Å². The first-order valence-corrected chi connectivity index (χ1v) is 11.7. The number of anilines is 3. The highest BCUT2D eigenvalue weighted by Crippen LogP contribution is 2.29. The molecule has 0 radical (unpaired) electrons. The van der Waals surface area contributed by atoms with E-state index >= 15 is 0 Å². The summed E-state index contributed by atoms with van der Waals surface area (Å²) < 4.78 is 23.5. The molecule has 0 saturated heterocycles. The Labute approximate surface area is 206 Å². The molecule has 3 N–H and O–H groups in total. The number of nitrogens with zero attached hydrogens (tertiary/aromatic N) is 4. The highest BCUT2D eigenvalue weighted by Gasteiger charge is 2.15. The molecule has 4 rings (SSSR count). The molecule has 0 spiro atoms. The van der Waals surface area contributed by atoms with Crippen molar-refractivity contribution in [1.82, 2.24) is 10.3 Å². The molecule has 1 atom stereocenters. The van der Waals surface area contributed by atoms with Crippen LogP contribution >= 0.6 is 0 Å². The second kappa shape index (κ2) is 11.6. The van der Waals surface area contributed by atoms with Crippen LogP contribution in [-0.4, -0.2) is 19.7 Å². The normalized spacial score (nSPS) is 11.8. The van der Waals surface area contributed by atoms with Gasteiger partial charge in [-0.1, -0.05) is 54.6 Å². The number of nitriles is 1. The van der Waals surface area contributed by atoms with Crippen molar-refractivity contribution in [3.05, 3.63) is 109 Å². The van der Waals surface area contributed by atoms with Crippen molar-refractivity contribution in [2.75, 3.05) is 9.62 Å². The Morgan fingerprint density at radius 2 is 1.51 bits per heavy atom. The van der Waals surface area contributed by atoms with E-state index in [0.717, 1.165) is 22.4 Å². The van der Waals surface area contributed by atoms with E-state index in [1.165, 1.54) is 4.31 Å². The summed E-state index contributed by atoms with van der Waals surface area (Å²) in [5.74, 6) is 0.305. The number of aromatic nitrogens is 1. The number of rotatable bonds is 7. The van der Waals surface area contributed by atoms with Crippen LogP contribution in [-0.2, 0) is 17.8 Å². The van der Waals surface area contributed by atoms with E-state index in [2.05, 4.69) is 20.6 Å². The molecule has 174 valence electrons. The zero-order valence-electron chi connectivity index (χ0n) is 18.6. The van der Waals surface area contributed by atoms with Gasteiger partial charge in [0, 0.05) is 18.1 Å². The van der Waals surface area contributed by atoms with E-state index < -0.39 is 11.3 Å². The van der Waals surface area contributed by atoms with Gasteiger partial charge in [0.15, 0.2) is 6.19 Å². The summed E-state index contributed by atoms with van der Waals surface area (Å²) in [5, 5.41) is 14.6. The summed E-state index contributed by atoms with van der Waals surface area (Å²) >= 11 is -2.25. The number of guanidine groups is 1. The molecule has 0 bridgehead atoms. The Balaban J connectivity index is 1.49. The minimum Gasteiger partial charge on any atom is -0.325 e. The van der Waals surface area contributed by atoms with Crippen LogP contribution in [0.15, 0.2) is 108 Å². The average molecular weight is 483 g/mol. The van der Waals surface area contributed by atoms with Gasteiger partial charge in [-0.3, -0.25) is 14.9 Å². The van der Waals surface area contributed by atoms with Crippen LogP contribution in [0.25, 0.3) is 11.1 Å². The zero-order valence-corrected chi connectivity index (χ0v) is 19.4. The first-order chi connectivity index (χ1) is 17.1. The SMILES string of the molecule is N#CNC(=NCc1ccc(N(c2ccc(-c3ccccc3)cc2)S(=O)O)cc1)Nc1ccncc1. The summed E-state index contributed by atoms with van der Waals surface area (Å²) in [5.41, 5.74) is 4.87. The third kappa shape index (κ3) is 6.29. The lowest BCUT2D eigenvalue weighted by molar-refractivity contribution is 0.564. The quantitative estimate of drug-likeness (QED) is 0.112. The predicted molar refractivity (Wildman–Crippen MR) is 139 cm³/mol. The minimum atomic E-state index is -2.25. The van der Waals surface area contributed by atoms with Crippen LogP contribution in [0.1, 0.15) is 5.56 Å². The maximum atomic E-state index is 12.2. The molecule has 0 aliphatic heterocycles. The topological polar surface area (TPSA) is 114 Å². The average Bonchev–Trinajstić information content (AvgIpc) is 2.90. The van der Waals surface area contributed by atoms with E-state index in [4.69, 9.17) is 5.26 Å². The van der Waals surface area contributed by atoms with Crippen molar-refractivity contribution < 1.29 is 8.76 Å². The maximum absolute atomic E-state index is 12.2. The number of hydrogen-bond acceptors (Lipinski definition) is 4. The molecule has 8 nitrogen and oxygen atoms in total. The summed E-state index contributed by atoms with van der Waals surface area (Å²) in [4.78, 5) is 8.37. The molecule has 1 heterocycles. The summed E-state index contributed by atoms with van der Waals surface area (Å²) in [6, 6.07) is 28.1. The van der Waals surface area contributed by atoms with Gasteiger partial charge in [0.2, 0.25) is 5.96 Å². The first kappa shape index (κ1) is 23.6. The summed E-state index contributed by atoms with van der Waals surface area (Å²) in [6.45, 7) is 0.302. The maximum Gasteiger partial charge on any atom is 0.266 e. The lowest BCUT2D eigenvalue weighted by atomic mass is 10.1. The van der Waals surface area contributed by atoms with Crippen molar-refractivity contribution in [3.63, 3.8) is 0 Å². The van der Waals surface area contributed by atoms with E-state index in [0.29, 0.717) is 23.9 Å². The largest absolute Gasteiger partial charge is 0.325 e. The van der Waals surface area contributed by atoms with E-state index in [-0.39, 0.29) is 0 Å². The molecular formula is C26H22N6O2S. The van der Waals surface area contributed by atoms with Crippen molar-refractivity contribution >= 4 is 34.3 Å². The van der Waals surface area contributed by atoms with Crippen LogP contribution in [0.5, 0.6) is 0 Å². The number of nitrogens with one attached hydrogen (secondary N) is 2. The molecule has 0 saturated carbocycles. The van der Waals surface area contributed by atoms with Gasteiger partial charge in [-0.25, -0.2) is 13.5 Å². The Hall–Kier alpha value is -4.52. The Morgan fingerprint density at radius 1 is 0.914 bits per heavy atom. The fourth-order valence-electron chi connectivity index (χ4n) is 3.39. The molecule has 1 unspecified atom stereocenters. The number of hydrogen-bond donors (Lipinski definition) is 3. The Morgan fingerprint density at radius 3 is 2.11 bits per heavy atom. The smallest absolute Gasteiger partial charge is 0.266 e. The molecule has 0 aliphatic carbocycles. The van der Waals surface area contributed by atoms with Gasteiger partial charge >= 0.3 is 0 Å². The second-order valence-electron chi connectivity index (χ2n) is 7.37. The molecule has 4 aromatic rings. The third-order valence-corrected chi connectivity index (χ3v) is 5.81. The van der Waals surface area contributed by atoms with Crippen LogP contribution in [0.2, 0.25) is 0 Å². The molecule has 9 heteroatoms. The molecule has 0 amide bonds. The highest BCUT2D eigenvalue weighted by atomic mass is 32.2. The highest BCUT2D eigenvalue weighted by molar-refractivity contribution is 7.81. The predicted octanol–water partition coefficient (Wildman–Crippen LogP) is 5.06. The van der Waals surface area contributed by atoms with Gasteiger partial charge in [0.1, 0.15) is 0 Å². The van der Waals surface area contributed by atoms with Gasteiger partial charge in [-0.05, 0) is 53.1 Å². The second-order valence-corrected chi connectivity index (χ2v) is 8.19. The van der Waals surface area contributed by atoms with Gasteiger partial charge < -0.3 is 5.32 Å². The fourth-order valence-corrected chi connectivity index (χ4v) is 4.00. The molecule has 0 aliphatic rings. The molecule has 0 fully saturated rings.